The van der Waals surface area contributed by atoms with Gasteiger partial charge >= 0.3 is 0 Å². The van der Waals surface area contributed by atoms with Crippen LogP contribution in [0.5, 0.6) is 0 Å². The first-order valence-electron chi connectivity index (χ1n) is 4.94. The van der Waals surface area contributed by atoms with Crippen LogP contribution in [0.3, 0.4) is 0 Å². The third kappa shape index (κ3) is 4.72. The van der Waals surface area contributed by atoms with E-state index >= 15 is 0 Å². The first-order valence-corrected chi connectivity index (χ1v) is 7.47. The third-order valence-corrected chi connectivity index (χ3v) is 3.99. The number of hydrogen-bond acceptors (Lipinski definition) is 5. The maximum atomic E-state index is 11.6. The molecule has 1 rings (SSSR count). The van der Waals surface area contributed by atoms with Crippen molar-refractivity contribution >= 4 is 33.0 Å². The Balaban J connectivity index is 2.40. The van der Waals surface area contributed by atoms with E-state index in [4.69, 9.17) is 10.9 Å². The molecule has 6 nitrogen and oxygen atoms in total. The van der Waals surface area contributed by atoms with Crippen molar-refractivity contribution in [3.8, 4) is 0 Å². The number of hydrogen-bond donors (Lipinski definition) is 3. The molecule has 0 radical (unpaired) electrons. The number of nitrogens with two attached hydrogens (primary N) is 2. The highest BCUT2D eigenvalue weighted by Crippen LogP contribution is 2.22. The lowest BCUT2D eigenvalue weighted by molar-refractivity contribution is 0.0957. The summed E-state index contributed by atoms with van der Waals surface area (Å²) in [6.45, 7) is 2.10. The molecule has 1 aromatic rings. The summed E-state index contributed by atoms with van der Waals surface area (Å²) in [5.41, 5.74) is 6.21. The van der Waals surface area contributed by atoms with Gasteiger partial charge in [0.05, 0.1) is 10.6 Å². The van der Waals surface area contributed by atoms with Crippen molar-refractivity contribution in [2.45, 2.75) is 13.3 Å². The number of anilines is 1. The normalized spacial score (nSPS) is 11.4. The highest BCUT2D eigenvalue weighted by molar-refractivity contribution is 7.89. The molecule has 0 saturated carbocycles. The van der Waals surface area contributed by atoms with Gasteiger partial charge in [0, 0.05) is 17.1 Å². The highest BCUT2D eigenvalue weighted by Gasteiger charge is 2.10. The average molecular weight is 277 g/mol. The summed E-state index contributed by atoms with van der Waals surface area (Å²) in [5.74, 6) is -0.386. The molecule has 0 atom stereocenters. The molecule has 0 fully saturated rings. The maximum Gasteiger partial charge on any atom is 0.261 e. The zero-order valence-corrected chi connectivity index (χ0v) is 11.0. The molecule has 0 spiro atoms. The Kier molecular flexibility index (Phi) is 4.49. The minimum atomic E-state index is -3.46. The van der Waals surface area contributed by atoms with Crippen LogP contribution in [0, 0.1) is 6.92 Å². The van der Waals surface area contributed by atoms with E-state index < -0.39 is 10.0 Å². The number of rotatable bonds is 5. The Hall–Kier alpha value is -1.12. The summed E-state index contributed by atoms with van der Waals surface area (Å²) in [4.78, 5) is 13.0. The summed E-state index contributed by atoms with van der Waals surface area (Å²) >= 11 is 1.31. The lowest BCUT2D eigenvalue weighted by atomic mass is 10.3. The number of aryl methyl sites for hydroxylation is 1. The van der Waals surface area contributed by atoms with Gasteiger partial charge in [0.25, 0.3) is 5.91 Å². The number of primary sulfonamides is 1. The number of carbonyl (C=O) groups is 1. The van der Waals surface area contributed by atoms with E-state index in [1.54, 1.807) is 6.07 Å². The van der Waals surface area contributed by atoms with Gasteiger partial charge < -0.3 is 11.1 Å². The first-order chi connectivity index (χ1) is 7.79. The van der Waals surface area contributed by atoms with Crippen molar-refractivity contribution in [1.82, 2.24) is 5.32 Å². The number of carbonyl (C=O) groups excluding carboxylic acids is 1. The molecule has 0 aromatic carbocycles. The van der Waals surface area contributed by atoms with Crippen LogP contribution in [-0.2, 0) is 10.0 Å². The smallest absolute Gasteiger partial charge is 0.261 e. The number of amides is 1. The summed E-state index contributed by atoms with van der Waals surface area (Å²) < 4.78 is 21.3. The molecule has 0 unspecified atom stereocenters. The minimum absolute atomic E-state index is 0.140. The second-order valence-electron chi connectivity index (χ2n) is 3.60. The van der Waals surface area contributed by atoms with Gasteiger partial charge in [-0.15, -0.1) is 11.3 Å². The predicted molar refractivity (Wildman–Crippen MR) is 68.4 cm³/mol. The SMILES string of the molecule is Cc1sc(C(=O)NCCCS(N)(=O)=O)cc1N. The molecule has 0 aliphatic rings. The van der Waals surface area contributed by atoms with Crippen molar-refractivity contribution in [1.29, 1.82) is 0 Å². The zero-order valence-electron chi connectivity index (χ0n) is 9.39. The molecular formula is C9H15N3O3S2. The summed E-state index contributed by atoms with van der Waals surface area (Å²) in [6.07, 6.45) is 0.296. The standard InChI is InChI=1S/C9H15N3O3S2/c1-6-7(10)5-8(16-6)9(13)12-3-2-4-17(11,14)15/h5H,2-4,10H2,1H3,(H,12,13)(H2,11,14,15). The molecule has 0 bridgehead atoms. The van der Waals surface area contributed by atoms with Crippen molar-refractivity contribution in [3.63, 3.8) is 0 Å². The molecule has 1 aromatic heterocycles. The topological polar surface area (TPSA) is 115 Å². The van der Waals surface area contributed by atoms with Gasteiger partial charge in [-0.05, 0) is 19.4 Å². The summed E-state index contributed by atoms with van der Waals surface area (Å²) in [7, 11) is -3.46. The molecule has 1 amide bonds. The lowest BCUT2D eigenvalue weighted by Gasteiger charge is -2.02. The molecule has 17 heavy (non-hydrogen) atoms. The van der Waals surface area contributed by atoms with Crippen LogP contribution < -0.4 is 16.2 Å². The number of sulfonamides is 1. The molecule has 5 N–H and O–H groups in total. The Bertz CT molecular complexity index is 488. The van der Waals surface area contributed by atoms with Crippen molar-refractivity contribution in [2.75, 3.05) is 18.0 Å². The van der Waals surface area contributed by atoms with Gasteiger partial charge in [-0.1, -0.05) is 0 Å². The number of thiophene rings is 1. The quantitative estimate of drug-likeness (QED) is 0.659. The molecule has 0 aliphatic carbocycles. The second kappa shape index (κ2) is 5.48. The van der Waals surface area contributed by atoms with E-state index in [2.05, 4.69) is 5.32 Å². The Morgan fingerprint density at radius 2 is 2.18 bits per heavy atom. The average Bonchev–Trinajstić information content (AvgIpc) is 2.52. The Labute approximate surface area is 104 Å². The van der Waals surface area contributed by atoms with Crippen LogP contribution in [0.1, 0.15) is 21.0 Å². The first kappa shape index (κ1) is 13.9. The fourth-order valence-electron chi connectivity index (χ4n) is 1.17. The fraction of sp³-hybridized carbons (Fsp3) is 0.444. The van der Waals surface area contributed by atoms with Crippen LogP contribution in [0.15, 0.2) is 6.07 Å². The van der Waals surface area contributed by atoms with Gasteiger partial charge in [-0.2, -0.15) is 0 Å². The van der Waals surface area contributed by atoms with E-state index in [1.165, 1.54) is 11.3 Å². The molecule has 0 saturated heterocycles. The van der Waals surface area contributed by atoms with Crippen LogP contribution in [0.4, 0.5) is 5.69 Å². The predicted octanol–water partition coefficient (Wildman–Crippen LogP) is 0.0471. The van der Waals surface area contributed by atoms with Crippen molar-refractivity contribution in [3.05, 3.63) is 15.8 Å². The molecule has 8 heteroatoms. The van der Waals surface area contributed by atoms with E-state index in [9.17, 15) is 13.2 Å². The molecule has 0 aliphatic heterocycles. The minimum Gasteiger partial charge on any atom is -0.398 e. The van der Waals surface area contributed by atoms with Gasteiger partial charge in [0.2, 0.25) is 10.0 Å². The highest BCUT2D eigenvalue weighted by atomic mass is 32.2. The molecular weight excluding hydrogens is 262 g/mol. The molecule has 96 valence electrons. The van der Waals surface area contributed by atoms with Crippen LogP contribution in [0.2, 0.25) is 0 Å². The van der Waals surface area contributed by atoms with Gasteiger partial charge in [0.15, 0.2) is 0 Å². The zero-order chi connectivity index (χ0) is 13.1. The fourth-order valence-corrected chi connectivity index (χ4v) is 2.57. The number of nitrogens with one attached hydrogen (secondary N) is 1. The van der Waals surface area contributed by atoms with Crippen molar-refractivity contribution < 1.29 is 13.2 Å². The van der Waals surface area contributed by atoms with Crippen molar-refractivity contribution in [2.24, 2.45) is 5.14 Å². The summed E-state index contributed by atoms with van der Waals surface area (Å²) in [5, 5.41) is 7.44. The van der Waals surface area contributed by atoms with E-state index in [0.717, 1.165) is 4.88 Å². The van der Waals surface area contributed by atoms with E-state index in [1.807, 2.05) is 6.92 Å². The Morgan fingerprint density at radius 3 is 2.65 bits per heavy atom. The van der Waals surface area contributed by atoms with Crippen LogP contribution in [0.25, 0.3) is 0 Å². The van der Waals surface area contributed by atoms with Crippen LogP contribution in [-0.4, -0.2) is 26.6 Å². The maximum absolute atomic E-state index is 11.6. The van der Waals surface area contributed by atoms with Gasteiger partial charge in [-0.3, -0.25) is 4.79 Å². The molecule has 1 heterocycles. The number of nitrogen functional groups attached to an aromatic ring is 1. The summed E-state index contributed by atoms with van der Waals surface area (Å²) in [6, 6.07) is 1.61. The van der Waals surface area contributed by atoms with E-state index in [-0.39, 0.29) is 18.2 Å². The van der Waals surface area contributed by atoms with Gasteiger partial charge in [0.1, 0.15) is 0 Å². The third-order valence-electron chi connectivity index (χ3n) is 2.07. The largest absolute Gasteiger partial charge is 0.398 e. The second-order valence-corrected chi connectivity index (χ2v) is 6.59. The van der Waals surface area contributed by atoms with Crippen LogP contribution >= 0.6 is 11.3 Å². The Morgan fingerprint density at radius 1 is 1.53 bits per heavy atom. The van der Waals surface area contributed by atoms with Gasteiger partial charge in [-0.25, -0.2) is 13.6 Å². The van der Waals surface area contributed by atoms with E-state index in [0.29, 0.717) is 17.0 Å². The monoisotopic (exact) mass is 277 g/mol. The lowest BCUT2D eigenvalue weighted by Crippen LogP contribution is -2.26.